The number of hydrogen-bond acceptors (Lipinski definition) is 5. The van der Waals surface area contributed by atoms with Gasteiger partial charge in [0.2, 0.25) is 5.95 Å². The number of carbonyl (C=O) groups excluding carboxylic acids is 1. The van der Waals surface area contributed by atoms with Gasteiger partial charge in [-0.25, -0.2) is 4.98 Å². The molecule has 8 nitrogen and oxygen atoms in total. The third-order valence-electron chi connectivity index (χ3n) is 5.10. The van der Waals surface area contributed by atoms with E-state index in [-0.39, 0.29) is 5.91 Å². The summed E-state index contributed by atoms with van der Waals surface area (Å²) in [4.78, 5) is 19.5. The van der Waals surface area contributed by atoms with Gasteiger partial charge in [-0.05, 0) is 36.6 Å². The van der Waals surface area contributed by atoms with Crippen molar-refractivity contribution in [2.24, 2.45) is 14.1 Å². The monoisotopic (exact) mass is 382 g/mol. The van der Waals surface area contributed by atoms with E-state index < -0.39 is 0 Å². The normalized spacial score (nSPS) is 14.6. The SMILES string of the molecule is Cn1cc(CCCNC(=O)c2ccc3c(c2)nc(N2CCOCC2)n3C)cn1. The number of aryl methyl sites for hydroxylation is 3. The molecule has 8 heteroatoms. The molecule has 0 bridgehead atoms. The second kappa shape index (κ2) is 8.02. The lowest BCUT2D eigenvalue weighted by Crippen LogP contribution is -2.37. The molecule has 28 heavy (non-hydrogen) atoms. The van der Waals surface area contributed by atoms with Gasteiger partial charge in [0.15, 0.2) is 0 Å². The first-order chi connectivity index (χ1) is 13.6. The van der Waals surface area contributed by atoms with Crippen LogP contribution in [0.25, 0.3) is 11.0 Å². The van der Waals surface area contributed by atoms with Crippen LogP contribution in [0.3, 0.4) is 0 Å². The average molecular weight is 382 g/mol. The van der Waals surface area contributed by atoms with Crippen LogP contribution in [-0.2, 0) is 25.3 Å². The second-order valence-corrected chi connectivity index (χ2v) is 7.16. The fourth-order valence-corrected chi connectivity index (χ4v) is 3.57. The molecule has 1 aliphatic rings. The van der Waals surface area contributed by atoms with Crippen molar-refractivity contribution in [1.29, 1.82) is 0 Å². The van der Waals surface area contributed by atoms with Crippen LogP contribution in [0.4, 0.5) is 5.95 Å². The summed E-state index contributed by atoms with van der Waals surface area (Å²) in [5, 5.41) is 7.16. The summed E-state index contributed by atoms with van der Waals surface area (Å²) in [7, 11) is 3.92. The Hall–Kier alpha value is -2.87. The van der Waals surface area contributed by atoms with Crippen molar-refractivity contribution in [2.45, 2.75) is 12.8 Å². The lowest BCUT2D eigenvalue weighted by atomic mass is 10.1. The second-order valence-electron chi connectivity index (χ2n) is 7.16. The Morgan fingerprint density at radius 3 is 2.82 bits per heavy atom. The number of amides is 1. The van der Waals surface area contributed by atoms with Crippen LogP contribution >= 0.6 is 0 Å². The van der Waals surface area contributed by atoms with E-state index in [0.717, 1.165) is 56.1 Å². The Labute approximate surface area is 164 Å². The molecule has 0 aliphatic carbocycles. The zero-order valence-corrected chi connectivity index (χ0v) is 16.4. The highest BCUT2D eigenvalue weighted by atomic mass is 16.5. The minimum Gasteiger partial charge on any atom is -0.378 e. The fourth-order valence-electron chi connectivity index (χ4n) is 3.57. The number of imidazole rings is 1. The maximum Gasteiger partial charge on any atom is 0.251 e. The fraction of sp³-hybridized carbons (Fsp3) is 0.450. The quantitative estimate of drug-likeness (QED) is 0.654. The molecule has 1 aliphatic heterocycles. The zero-order chi connectivity index (χ0) is 19.5. The van der Waals surface area contributed by atoms with E-state index in [4.69, 9.17) is 9.72 Å². The number of ether oxygens (including phenoxy) is 1. The molecule has 4 rings (SSSR count). The standard InChI is InChI=1S/C20H26N6O2/c1-24-14-15(13-22-24)4-3-7-21-19(27)16-5-6-18-17(12-16)23-20(25(18)2)26-8-10-28-11-9-26/h5-6,12-14H,3-4,7-11H2,1-2H3,(H,21,27). The van der Waals surface area contributed by atoms with E-state index in [1.165, 1.54) is 5.56 Å². The molecule has 148 valence electrons. The van der Waals surface area contributed by atoms with Crippen molar-refractivity contribution >= 4 is 22.9 Å². The third-order valence-corrected chi connectivity index (χ3v) is 5.10. The van der Waals surface area contributed by atoms with E-state index in [1.54, 1.807) is 4.68 Å². The molecule has 0 spiro atoms. The third kappa shape index (κ3) is 3.87. The van der Waals surface area contributed by atoms with Crippen molar-refractivity contribution in [3.8, 4) is 0 Å². The smallest absolute Gasteiger partial charge is 0.251 e. The van der Waals surface area contributed by atoms with Crippen LogP contribution < -0.4 is 10.2 Å². The number of aromatic nitrogens is 4. The number of nitrogens with one attached hydrogen (secondary N) is 1. The van der Waals surface area contributed by atoms with E-state index in [0.29, 0.717) is 12.1 Å². The van der Waals surface area contributed by atoms with E-state index in [2.05, 4.69) is 19.9 Å². The zero-order valence-electron chi connectivity index (χ0n) is 16.4. The largest absolute Gasteiger partial charge is 0.378 e. The lowest BCUT2D eigenvalue weighted by molar-refractivity contribution is 0.0953. The van der Waals surface area contributed by atoms with Gasteiger partial charge in [0.1, 0.15) is 0 Å². The topological polar surface area (TPSA) is 77.2 Å². The van der Waals surface area contributed by atoms with Gasteiger partial charge in [0.05, 0.1) is 30.4 Å². The summed E-state index contributed by atoms with van der Waals surface area (Å²) in [6.45, 7) is 3.74. The number of anilines is 1. The van der Waals surface area contributed by atoms with E-state index in [1.807, 2.05) is 44.7 Å². The summed E-state index contributed by atoms with van der Waals surface area (Å²) >= 11 is 0. The summed E-state index contributed by atoms with van der Waals surface area (Å²) in [6.07, 6.45) is 5.65. The highest BCUT2D eigenvalue weighted by Gasteiger charge is 2.18. The first kappa shape index (κ1) is 18.5. The average Bonchev–Trinajstić information content (AvgIpc) is 3.28. The number of nitrogens with zero attached hydrogens (tertiary/aromatic N) is 5. The molecule has 1 saturated heterocycles. The van der Waals surface area contributed by atoms with Gasteiger partial charge in [-0.2, -0.15) is 5.10 Å². The van der Waals surface area contributed by atoms with Gasteiger partial charge < -0.3 is 19.5 Å². The van der Waals surface area contributed by atoms with Crippen LogP contribution in [0.1, 0.15) is 22.3 Å². The van der Waals surface area contributed by atoms with Gasteiger partial charge in [0, 0.05) is 45.5 Å². The van der Waals surface area contributed by atoms with Crippen molar-refractivity contribution < 1.29 is 9.53 Å². The molecule has 0 atom stereocenters. The molecular weight excluding hydrogens is 356 g/mol. The number of morpholine rings is 1. The molecule has 1 N–H and O–H groups in total. The Bertz CT molecular complexity index is 970. The molecule has 0 radical (unpaired) electrons. The van der Waals surface area contributed by atoms with Gasteiger partial charge >= 0.3 is 0 Å². The van der Waals surface area contributed by atoms with Gasteiger partial charge in [-0.1, -0.05) is 0 Å². The number of rotatable bonds is 6. The van der Waals surface area contributed by atoms with Crippen molar-refractivity contribution in [3.05, 3.63) is 41.7 Å². The molecule has 3 aromatic rings. The Kier molecular flexibility index (Phi) is 5.29. The summed E-state index contributed by atoms with van der Waals surface area (Å²) < 4.78 is 9.30. The van der Waals surface area contributed by atoms with Crippen LogP contribution in [0.2, 0.25) is 0 Å². The predicted octanol–water partition coefficient (Wildman–Crippen LogP) is 1.51. The highest BCUT2D eigenvalue weighted by molar-refractivity contribution is 5.97. The Morgan fingerprint density at radius 1 is 1.25 bits per heavy atom. The van der Waals surface area contributed by atoms with Gasteiger partial charge in [-0.15, -0.1) is 0 Å². The van der Waals surface area contributed by atoms with Crippen LogP contribution in [0.15, 0.2) is 30.6 Å². The number of benzene rings is 1. The number of fused-ring (bicyclic) bond motifs is 1. The summed E-state index contributed by atoms with van der Waals surface area (Å²) in [5.74, 6) is 0.860. The van der Waals surface area contributed by atoms with Crippen LogP contribution in [0, 0.1) is 0 Å². The predicted molar refractivity (Wildman–Crippen MR) is 108 cm³/mol. The van der Waals surface area contributed by atoms with Crippen molar-refractivity contribution in [1.82, 2.24) is 24.6 Å². The number of hydrogen-bond donors (Lipinski definition) is 1. The molecule has 1 amide bonds. The lowest BCUT2D eigenvalue weighted by Gasteiger charge is -2.27. The van der Waals surface area contributed by atoms with Gasteiger partial charge in [0.25, 0.3) is 5.91 Å². The first-order valence-corrected chi connectivity index (χ1v) is 9.67. The van der Waals surface area contributed by atoms with E-state index in [9.17, 15) is 4.79 Å². The van der Waals surface area contributed by atoms with Crippen LogP contribution in [0.5, 0.6) is 0 Å². The molecule has 0 unspecified atom stereocenters. The molecule has 2 aromatic heterocycles. The molecule has 0 saturated carbocycles. The highest BCUT2D eigenvalue weighted by Crippen LogP contribution is 2.23. The molecule has 3 heterocycles. The number of carbonyl (C=O) groups is 1. The molecule has 1 aromatic carbocycles. The minimum absolute atomic E-state index is 0.0633. The Morgan fingerprint density at radius 2 is 2.07 bits per heavy atom. The van der Waals surface area contributed by atoms with Crippen LogP contribution in [-0.4, -0.2) is 58.1 Å². The molecular formula is C20H26N6O2. The maximum atomic E-state index is 12.5. The summed E-state index contributed by atoms with van der Waals surface area (Å²) in [5.41, 5.74) is 3.68. The minimum atomic E-state index is -0.0633. The van der Waals surface area contributed by atoms with Crippen molar-refractivity contribution in [2.75, 3.05) is 37.7 Å². The van der Waals surface area contributed by atoms with Gasteiger partial charge in [-0.3, -0.25) is 9.48 Å². The molecule has 1 fully saturated rings. The Balaban J connectivity index is 1.39. The first-order valence-electron chi connectivity index (χ1n) is 9.67. The van der Waals surface area contributed by atoms with E-state index >= 15 is 0 Å². The summed E-state index contributed by atoms with van der Waals surface area (Å²) in [6, 6.07) is 5.70. The maximum absolute atomic E-state index is 12.5. The van der Waals surface area contributed by atoms with Crippen molar-refractivity contribution in [3.63, 3.8) is 0 Å².